The molecule has 2 amide bonds. The van der Waals surface area contributed by atoms with E-state index in [9.17, 15) is 14.4 Å². The Hall–Kier alpha value is -3.15. The number of nitrogens with zero attached hydrogens (tertiary/aromatic N) is 1. The van der Waals surface area contributed by atoms with Crippen LogP contribution in [0.3, 0.4) is 0 Å². The number of benzene rings is 2. The molecule has 2 aromatic carbocycles. The average molecular weight is 368 g/mol. The molecule has 6 heteroatoms. The molecule has 0 aliphatic carbocycles. The molecule has 1 unspecified atom stereocenters. The zero-order chi connectivity index (χ0) is 19.6. The van der Waals surface area contributed by atoms with E-state index in [4.69, 9.17) is 5.11 Å². The maximum absolute atomic E-state index is 12.9. The Balaban J connectivity index is 2.09. The minimum absolute atomic E-state index is 0.00263. The fraction of sp³-hybridized carbons (Fsp3) is 0.286. The molecule has 0 aromatic heterocycles. The summed E-state index contributed by atoms with van der Waals surface area (Å²) in [6.45, 7) is 0.317. The summed E-state index contributed by atoms with van der Waals surface area (Å²) in [6, 6.07) is 17.5. The quantitative estimate of drug-likeness (QED) is 0.711. The summed E-state index contributed by atoms with van der Waals surface area (Å²) >= 11 is 0. The van der Waals surface area contributed by atoms with Gasteiger partial charge in [-0.2, -0.15) is 0 Å². The Morgan fingerprint density at radius 1 is 1.00 bits per heavy atom. The minimum atomic E-state index is -0.894. The second kappa shape index (κ2) is 10.1. The van der Waals surface area contributed by atoms with E-state index in [0.717, 1.165) is 5.56 Å². The number of carboxylic acid groups (broad SMARTS) is 1. The van der Waals surface area contributed by atoms with Crippen LogP contribution in [-0.4, -0.2) is 47.4 Å². The molecule has 0 heterocycles. The van der Waals surface area contributed by atoms with Gasteiger partial charge in [0.2, 0.25) is 5.91 Å². The molecular weight excluding hydrogens is 344 g/mol. The molecule has 0 aliphatic heterocycles. The van der Waals surface area contributed by atoms with E-state index in [2.05, 4.69) is 5.32 Å². The Bertz CT molecular complexity index is 762. The van der Waals surface area contributed by atoms with E-state index >= 15 is 0 Å². The summed E-state index contributed by atoms with van der Waals surface area (Å²) in [5.41, 5.74) is 1.42. The van der Waals surface area contributed by atoms with Crippen molar-refractivity contribution in [1.82, 2.24) is 10.2 Å². The van der Waals surface area contributed by atoms with Crippen LogP contribution < -0.4 is 5.32 Å². The van der Waals surface area contributed by atoms with Crippen molar-refractivity contribution >= 4 is 17.8 Å². The molecule has 0 saturated heterocycles. The number of carbonyl (C=O) groups is 3. The normalized spacial score (nSPS) is 11.4. The highest BCUT2D eigenvalue weighted by molar-refractivity contribution is 5.97. The van der Waals surface area contributed by atoms with Crippen LogP contribution in [-0.2, 0) is 16.0 Å². The van der Waals surface area contributed by atoms with Crippen LogP contribution in [0.5, 0.6) is 0 Å². The largest absolute Gasteiger partial charge is 0.481 e. The van der Waals surface area contributed by atoms with Crippen molar-refractivity contribution < 1.29 is 19.5 Å². The summed E-state index contributed by atoms with van der Waals surface area (Å²) in [4.78, 5) is 37.5. The lowest BCUT2D eigenvalue weighted by Gasteiger charge is -2.25. The first kappa shape index (κ1) is 20.2. The highest BCUT2D eigenvalue weighted by atomic mass is 16.4. The zero-order valence-corrected chi connectivity index (χ0v) is 15.3. The van der Waals surface area contributed by atoms with Gasteiger partial charge in [0.15, 0.2) is 0 Å². The number of aliphatic carboxylic acids is 1. The lowest BCUT2D eigenvalue weighted by molar-refractivity contribution is -0.138. The maximum Gasteiger partial charge on any atom is 0.303 e. The third-order valence-corrected chi connectivity index (χ3v) is 4.18. The summed E-state index contributed by atoms with van der Waals surface area (Å²) in [7, 11) is 1.62. The molecule has 0 saturated carbocycles. The van der Waals surface area contributed by atoms with Crippen molar-refractivity contribution in [2.24, 2.45) is 0 Å². The summed E-state index contributed by atoms with van der Waals surface area (Å²) in [5.74, 6) is -1.45. The fourth-order valence-corrected chi connectivity index (χ4v) is 2.72. The van der Waals surface area contributed by atoms with Crippen LogP contribution in [0.25, 0.3) is 0 Å². The molecule has 0 bridgehead atoms. The lowest BCUT2D eigenvalue weighted by atomic mass is 10.0. The average Bonchev–Trinajstić information content (AvgIpc) is 2.68. The Morgan fingerprint density at radius 3 is 2.19 bits per heavy atom. The first-order valence-corrected chi connectivity index (χ1v) is 8.84. The molecule has 2 rings (SSSR count). The van der Waals surface area contributed by atoms with Crippen LogP contribution >= 0.6 is 0 Å². The SMILES string of the molecule is CN(CCCC(=O)O)C(=O)C(Cc1ccccc1)NC(=O)c1ccccc1. The number of likely N-dealkylation sites (N-methyl/N-ethyl adjacent to an activating group) is 1. The number of rotatable bonds is 9. The fourth-order valence-electron chi connectivity index (χ4n) is 2.72. The van der Waals surface area contributed by atoms with Crippen LogP contribution in [0.4, 0.5) is 0 Å². The van der Waals surface area contributed by atoms with Gasteiger partial charge in [-0.25, -0.2) is 0 Å². The van der Waals surface area contributed by atoms with E-state index in [1.54, 1.807) is 31.3 Å². The third kappa shape index (κ3) is 6.58. The zero-order valence-electron chi connectivity index (χ0n) is 15.3. The van der Waals surface area contributed by atoms with Crippen molar-refractivity contribution in [1.29, 1.82) is 0 Å². The Labute approximate surface area is 158 Å². The minimum Gasteiger partial charge on any atom is -0.481 e. The second-order valence-electron chi connectivity index (χ2n) is 6.34. The molecular formula is C21H24N2O4. The molecule has 0 fully saturated rings. The molecule has 6 nitrogen and oxygen atoms in total. The van der Waals surface area contributed by atoms with E-state index in [1.807, 2.05) is 36.4 Å². The molecule has 0 radical (unpaired) electrons. The second-order valence-corrected chi connectivity index (χ2v) is 6.34. The highest BCUT2D eigenvalue weighted by Gasteiger charge is 2.24. The van der Waals surface area contributed by atoms with Gasteiger partial charge in [0, 0.05) is 32.0 Å². The molecule has 142 valence electrons. The Morgan fingerprint density at radius 2 is 1.59 bits per heavy atom. The van der Waals surface area contributed by atoms with Crippen molar-refractivity contribution in [3.63, 3.8) is 0 Å². The lowest BCUT2D eigenvalue weighted by Crippen LogP contribution is -2.48. The predicted octanol–water partition coefficient (Wildman–Crippen LogP) is 2.35. The molecule has 27 heavy (non-hydrogen) atoms. The van der Waals surface area contributed by atoms with Crippen molar-refractivity contribution in [3.05, 3.63) is 71.8 Å². The third-order valence-electron chi connectivity index (χ3n) is 4.18. The number of hydrogen-bond donors (Lipinski definition) is 2. The van der Waals surface area contributed by atoms with E-state index in [1.165, 1.54) is 4.90 Å². The standard InChI is InChI=1S/C21H24N2O4/c1-23(14-8-13-19(24)25)21(27)18(15-16-9-4-2-5-10-16)22-20(26)17-11-6-3-7-12-17/h2-7,9-12,18H,8,13-15H2,1H3,(H,22,26)(H,24,25). The van der Waals surface area contributed by atoms with Crippen LogP contribution in [0.1, 0.15) is 28.8 Å². The van der Waals surface area contributed by atoms with Gasteiger partial charge in [-0.1, -0.05) is 48.5 Å². The monoisotopic (exact) mass is 368 g/mol. The first-order valence-electron chi connectivity index (χ1n) is 8.84. The number of carbonyl (C=O) groups excluding carboxylic acids is 2. The predicted molar refractivity (Wildman–Crippen MR) is 102 cm³/mol. The van der Waals surface area contributed by atoms with Crippen LogP contribution in [0.15, 0.2) is 60.7 Å². The van der Waals surface area contributed by atoms with Gasteiger partial charge in [-0.05, 0) is 24.1 Å². The van der Waals surface area contributed by atoms with Gasteiger partial charge < -0.3 is 15.3 Å². The van der Waals surface area contributed by atoms with Crippen molar-refractivity contribution in [2.75, 3.05) is 13.6 Å². The number of carboxylic acids is 1. The molecule has 2 aromatic rings. The van der Waals surface area contributed by atoms with E-state index < -0.39 is 12.0 Å². The molecule has 1 atom stereocenters. The molecule has 0 aliphatic rings. The first-order chi connectivity index (χ1) is 13.0. The topological polar surface area (TPSA) is 86.7 Å². The van der Waals surface area contributed by atoms with E-state index in [-0.39, 0.29) is 18.2 Å². The number of nitrogens with one attached hydrogen (secondary N) is 1. The van der Waals surface area contributed by atoms with Gasteiger partial charge in [-0.15, -0.1) is 0 Å². The number of amides is 2. The van der Waals surface area contributed by atoms with E-state index in [0.29, 0.717) is 24.9 Å². The maximum atomic E-state index is 12.9. The van der Waals surface area contributed by atoms with Gasteiger partial charge in [0.25, 0.3) is 5.91 Å². The highest BCUT2D eigenvalue weighted by Crippen LogP contribution is 2.08. The number of hydrogen-bond acceptors (Lipinski definition) is 3. The van der Waals surface area contributed by atoms with Gasteiger partial charge >= 0.3 is 5.97 Å². The summed E-state index contributed by atoms with van der Waals surface area (Å²) in [5, 5.41) is 11.6. The summed E-state index contributed by atoms with van der Waals surface area (Å²) < 4.78 is 0. The van der Waals surface area contributed by atoms with Crippen molar-refractivity contribution in [3.8, 4) is 0 Å². The van der Waals surface area contributed by atoms with Gasteiger partial charge in [-0.3, -0.25) is 14.4 Å². The van der Waals surface area contributed by atoms with Crippen LogP contribution in [0.2, 0.25) is 0 Å². The smallest absolute Gasteiger partial charge is 0.303 e. The van der Waals surface area contributed by atoms with Crippen molar-refractivity contribution in [2.45, 2.75) is 25.3 Å². The molecule has 2 N–H and O–H groups in total. The Kier molecular flexibility index (Phi) is 7.55. The van der Waals surface area contributed by atoms with Gasteiger partial charge in [0.1, 0.15) is 6.04 Å². The summed E-state index contributed by atoms with van der Waals surface area (Å²) in [6.07, 6.45) is 0.723. The van der Waals surface area contributed by atoms with Crippen LogP contribution in [0, 0.1) is 0 Å². The van der Waals surface area contributed by atoms with Gasteiger partial charge in [0.05, 0.1) is 0 Å². The molecule has 0 spiro atoms.